The molecule has 0 saturated carbocycles. The summed E-state index contributed by atoms with van der Waals surface area (Å²) in [4.78, 5) is 52.6. The summed E-state index contributed by atoms with van der Waals surface area (Å²) in [7, 11) is 1.41. The van der Waals surface area contributed by atoms with Gasteiger partial charge in [-0.15, -0.1) is 0 Å². The molecule has 2 heterocycles. The number of carbonyl (C=O) groups excluding carboxylic acids is 2. The molecule has 4 N–H and O–H groups in total. The van der Waals surface area contributed by atoms with Gasteiger partial charge in [0.2, 0.25) is 11.8 Å². The highest BCUT2D eigenvalue weighted by molar-refractivity contribution is 5.94. The topological polar surface area (TPSA) is 164 Å². The van der Waals surface area contributed by atoms with Crippen LogP contribution in [0.3, 0.4) is 0 Å². The molecular weight excluding hydrogens is 418 g/mol. The standard InChI is InChI=1S/C20H29N7O5/c1-11(2)6-14(20(30)31)25-15(28)9-27-10-22-16(18(27)26-19(29)12(3)4)17-21-7-13(24-17)8-23-32-5/h7-8,10-12,14H,6,9H2,1-5H3,(H,21,24)(H,25,28)(H,26,29)(H,30,31)/b23-8+/t14-/m0/s1. The molecule has 0 radical (unpaired) electrons. The van der Waals surface area contributed by atoms with Crippen LogP contribution in [0.1, 0.15) is 39.8 Å². The molecule has 2 amide bonds. The van der Waals surface area contributed by atoms with Crippen molar-refractivity contribution < 1.29 is 24.3 Å². The minimum absolute atomic E-state index is 0.0898. The maximum absolute atomic E-state index is 12.6. The number of carboxylic acid groups (broad SMARTS) is 1. The van der Waals surface area contributed by atoms with E-state index in [0.717, 1.165) is 0 Å². The molecule has 0 bridgehead atoms. The highest BCUT2D eigenvalue weighted by atomic mass is 16.6. The summed E-state index contributed by atoms with van der Waals surface area (Å²) in [6, 6.07) is -1.01. The smallest absolute Gasteiger partial charge is 0.326 e. The number of aliphatic carboxylic acids is 1. The minimum Gasteiger partial charge on any atom is -0.480 e. The normalized spacial score (nSPS) is 12.3. The molecule has 12 heteroatoms. The Kier molecular flexibility index (Phi) is 8.50. The molecule has 12 nitrogen and oxygen atoms in total. The fraction of sp³-hybridized carbons (Fsp3) is 0.500. The third kappa shape index (κ3) is 6.65. The van der Waals surface area contributed by atoms with Crippen molar-refractivity contribution in [3.8, 4) is 11.5 Å². The second-order valence-electron chi connectivity index (χ2n) is 7.91. The highest BCUT2D eigenvalue weighted by Crippen LogP contribution is 2.25. The van der Waals surface area contributed by atoms with Gasteiger partial charge < -0.3 is 30.1 Å². The number of oxime groups is 1. The molecule has 2 aromatic heterocycles. The van der Waals surface area contributed by atoms with Crippen LogP contribution in [0.15, 0.2) is 17.7 Å². The van der Waals surface area contributed by atoms with Crippen LogP contribution in [0.25, 0.3) is 11.5 Å². The van der Waals surface area contributed by atoms with Crippen molar-refractivity contribution in [2.24, 2.45) is 17.0 Å². The SMILES string of the molecule is CO/N=C/c1cnc(-c2ncn(CC(=O)N[C@@H](CC(C)C)C(=O)O)c2NC(=O)C(C)C)[nH]1. The zero-order valence-corrected chi connectivity index (χ0v) is 18.7. The average molecular weight is 447 g/mol. The van der Waals surface area contributed by atoms with Crippen molar-refractivity contribution in [3.05, 3.63) is 18.2 Å². The monoisotopic (exact) mass is 447 g/mol. The zero-order valence-electron chi connectivity index (χ0n) is 18.7. The molecular formula is C20H29N7O5. The van der Waals surface area contributed by atoms with E-state index in [1.165, 1.54) is 30.4 Å². The Morgan fingerprint density at radius 2 is 2.00 bits per heavy atom. The van der Waals surface area contributed by atoms with Gasteiger partial charge in [-0.2, -0.15) is 0 Å². The van der Waals surface area contributed by atoms with E-state index in [9.17, 15) is 19.5 Å². The third-order valence-corrected chi connectivity index (χ3v) is 4.38. The fourth-order valence-electron chi connectivity index (χ4n) is 2.79. The molecule has 0 aliphatic carbocycles. The number of H-pyrrole nitrogens is 1. The van der Waals surface area contributed by atoms with Crippen LogP contribution in [0, 0.1) is 11.8 Å². The Bertz CT molecular complexity index is 977. The van der Waals surface area contributed by atoms with Gasteiger partial charge in [0.25, 0.3) is 0 Å². The van der Waals surface area contributed by atoms with Gasteiger partial charge in [-0.3, -0.25) is 9.59 Å². The summed E-state index contributed by atoms with van der Waals surface area (Å²) in [5, 5.41) is 18.3. The van der Waals surface area contributed by atoms with Gasteiger partial charge in [-0.1, -0.05) is 32.9 Å². The Balaban J connectivity index is 2.31. The number of carbonyl (C=O) groups is 3. The van der Waals surface area contributed by atoms with Crippen molar-refractivity contribution in [1.29, 1.82) is 0 Å². The van der Waals surface area contributed by atoms with Crippen molar-refractivity contribution in [1.82, 2.24) is 24.8 Å². The van der Waals surface area contributed by atoms with E-state index in [2.05, 4.69) is 35.6 Å². The lowest BCUT2D eigenvalue weighted by atomic mass is 10.0. The first kappa shape index (κ1) is 24.6. The van der Waals surface area contributed by atoms with Crippen LogP contribution in [-0.2, 0) is 25.8 Å². The van der Waals surface area contributed by atoms with Crippen molar-refractivity contribution in [3.63, 3.8) is 0 Å². The van der Waals surface area contributed by atoms with E-state index in [1.807, 2.05) is 13.8 Å². The quantitative estimate of drug-likeness (QED) is 0.299. The second-order valence-corrected chi connectivity index (χ2v) is 7.91. The van der Waals surface area contributed by atoms with E-state index in [4.69, 9.17) is 0 Å². The van der Waals surface area contributed by atoms with Crippen molar-refractivity contribution >= 4 is 29.8 Å². The molecule has 1 atom stereocenters. The summed E-state index contributed by atoms with van der Waals surface area (Å²) >= 11 is 0. The first-order chi connectivity index (χ1) is 15.1. The van der Waals surface area contributed by atoms with Crippen LogP contribution in [-0.4, -0.2) is 61.8 Å². The van der Waals surface area contributed by atoms with Crippen molar-refractivity contribution in [2.75, 3.05) is 12.4 Å². The molecule has 0 aliphatic rings. The number of nitrogens with zero attached hydrogens (tertiary/aromatic N) is 4. The number of hydrogen-bond donors (Lipinski definition) is 4. The average Bonchev–Trinajstić information content (AvgIpc) is 3.32. The number of carboxylic acids is 1. The Morgan fingerprint density at radius 1 is 1.28 bits per heavy atom. The van der Waals surface area contributed by atoms with Crippen molar-refractivity contribution in [2.45, 2.75) is 46.7 Å². The van der Waals surface area contributed by atoms with E-state index in [1.54, 1.807) is 13.8 Å². The molecule has 0 unspecified atom stereocenters. The third-order valence-electron chi connectivity index (χ3n) is 4.38. The van der Waals surface area contributed by atoms with Gasteiger partial charge in [0.1, 0.15) is 31.2 Å². The van der Waals surface area contributed by atoms with Crippen LogP contribution in [0.2, 0.25) is 0 Å². The van der Waals surface area contributed by atoms with Crippen LogP contribution < -0.4 is 10.6 Å². The van der Waals surface area contributed by atoms with E-state index < -0.39 is 17.9 Å². The maximum Gasteiger partial charge on any atom is 0.326 e. The van der Waals surface area contributed by atoms with Gasteiger partial charge in [0, 0.05) is 5.92 Å². The largest absolute Gasteiger partial charge is 0.480 e. The molecule has 2 aromatic rings. The van der Waals surface area contributed by atoms with Crippen LogP contribution in [0.5, 0.6) is 0 Å². The van der Waals surface area contributed by atoms with E-state index in [-0.39, 0.29) is 30.1 Å². The first-order valence-corrected chi connectivity index (χ1v) is 10.1. The van der Waals surface area contributed by atoms with Gasteiger partial charge in [0.05, 0.1) is 24.4 Å². The maximum atomic E-state index is 12.6. The molecule has 0 saturated heterocycles. The highest BCUT2D eigenvalue weighted by Gasteiger charge is 2.24. The lowest BCUT2D eigenvalue weighted by Gasteiger charge is -2.17. The summed E-state index contributed by atoms with van der Waals surface area (Å²) in [6.45, 7) is 6.98. The van der Waals surface area contributed by atoms with Gasteiger partial charge >= 0.3 is 5.97 Å². The number of hydrogen-bond acceptors (Lipinski definition) is 7. The fourth-order valence-corrected chi connectivity index (χ4v) is 2.79. The number of imidazole rings is 2. The lowest BCUT2D eigenvalue weighted by Crippen LogP contribution is -2.43. The number of aromatic amines is 1. The number of aromatic nitrogens is 4. The number of nitrogens with one attached hydrogen (secondary N) is 3. The molecule has 32 heavy (non-hydrogen) atoms. The van der Waals surface area contributed by atoms with Crippen LogP contribution in [0.4, 0.5) is 5.82 Å². The molecule has 0 fully saturated rings. The minimum atomic E-state index is -1.10. The zero-order chi connectivity index (χ0) is 23.8. The Labute approximate surface area is 185 Å². The lowest BCUT2D eigenvalue weighted by molar-refractivity contribution is -0.142. The van der Waals surface area contributed by atoms with Crippen LogP contribution >= 0.6 is 0 Å². The first-order valence-electron chi connectivity index (χ1n) is 10.1. The number of anilines is 1. The molecule has 174 valence electrons. The predicted molar refractivity (Wildman–Crippen MR) is 117 cm³/mol. The molecule has 0 aliphatic heterocycles. The molecule has 0 spiro atoms. The Morgan fingerprint density at radius 3 is 2.59 bits per heavy atom. The summed E-state index contributed by atoms with van der Waals surface area (Å²) in [5.74, 6) is -1.51. The molecule has 0 aromatic carbocycles. The summed E-state index contributed by atoms with van der Waals surface area (Å²) in [6.07, 6.45) is 4.62. The second kappa shape index (κ2) is 11.1. The number of amides is 2. The van der Waals surface area contributed by atoms with Gasteiger partial charge in [-0.25, -0.2) is 14.8 Å². The Hall–Kier alpha value is -3.70. The van der Waals surface area contributed by atoms with E-state index in [0.29, 0.717) is 23.6 Å². The van der Waals surface area contributed by atoms with Gasteiger partial charge in [0.15, 0.2) is 5.82 Å². The number of rotatable bonds is 11. The molecule has 2 rings (SSSR count). The van der Waals surface area contributed by atoms with E-state index >= 15 is 0 Å². The predicted octanol–water partition coefficient (Wildman–Crippen LogP) is 1.46. The summed E-state index contributed by atoms with van der Waals surface area (Å²) in [5.41, 5.74) is 0.870. The van der Waals surface area contributed by atoms with Gasteiger partial charge in [-0.05, 0) is 12.3 Å². The summed E-state index contributed by atoms with van der Waals surface area (Å²) < 4.78 is 1.44.